The van der Waals surface area contributed by atoms with Gasteiger partial charge in [0, 0.05) is 5.56 Å². The van der Waals surface area contributed by atoms with Crippen LogP contribution in [0.15, 0.2) is 78.4 Å². The predicted octanol–water partition coefficient (Wildman–Crippen LogP) is 6.38. The first-order chi connectivity index (χ1) is 14.3. The van der Waals surface area contributed by atoms with Gasteiger partial charge in [0.2, 0.25) is 6.10 Å². The maximum atomic E-state index is 12.8. The second-order valence-corrected chi connectivity index (χ2v) is 8.39. The summed E-state index contributed by atoms with van der Waals surface area (Å²) in [4.78, 5) is 12.8. The molecule has 4 heteroatoms. The molecule has 0 aliphatic heterocycles. The molecule has 3 rings (SSSR count). The molecule has 154 valence electrons. The first-order valence-electron chi connectivity index (χ1n) is 10.1. The topological polar surface area (TPSA) is 59.3 Å². The van der Waals surface area contributed by atoms with E-state index >= 15 is 0 Å². The molecule has 3 atom stereocenters. The Kier molecular flexibility index (Phi) is 6.42. The largest absolute Gasteiger partial charge is 0.457 e. The molecule has 0 saturated heterocycles. The Morgan fingerprint density at radius 2 is 1.80 bits per heavy atom. The van der Waals surface area contributed by atoms with Gasteiger partial charge >= 0.3 is 5.97 Å². The summed E-state index contributed by atoms with van der Waals surface area (Å²) in [6.45, 7) is 8.15. The molecule has 0 aromatic heterocycles. The normalized spacial score (nSPS) is 20.1. The smallest absolute Gasteiger partial charge is 0.311 e. The number of nitrogens with zero attached hydrogens (tertiary/aromatic N) is 1. The summed E-state index contributed by atoms with van der Waals surface area (Å²) in [6, 6.07) is 18.6. The van der Waals surface area contributed by atoms with Crippen LogP contribution in [0.4, 0.5) is 0 Å². The van der Waals surface area contributed by atoms with Crippen molar-refractivity contribution in [3.63, 3.8) is 0 Å². The van der Waals surface area contributed by atoms with Crippen molar-refractivity contribution < 1.29 is 14.3 Å². The minimum atomic E-state index is -0.976. The summed E-state index contributed by atoms with van der Waals surface area (Å²) in [5.41, 5.74) is 1.61. The van der Waals surface area contributed by atoms with E-state index < -0.39 is 6.10 Å². The lowest BCUT2D eigenvalue weighted by Gasteiger charge is -2.13. The van der Waals surface area contributed by atoms with E-state index in [-0.39, 0.29) is 23.2 Å². The molecule has 1 unspecified atom stereocenters. The first-order valence-corrected chi connectivity index (χ1v) is 10.1. The molecule has 4 nitrogen and oxygen atoms in total. The van der Waals surface area contributed by atoms with E-state index in [0.29, 0.717) is 17.1 Å². The number of carbonyl (C=O) groups is 1. The van der Waals surface area contributed by atoms with Gasteiger partial charge in [0.25, 0.3) is 0 Å². The summed E-state index contributed by atoms with van der Waals surface area (Å²) < 4.78 is 11.4. The van der Waals surface area contributed by atoms with Crippen LogP contribution in [-0.4, -0.2) is 5.97 Å². The number of nitriles is 1. The first kappa shape index (κ1) is 21.4. The van der Waals surface area contributed by atoms with Gasteiger partial charge in [0.15, 0.2) is 0 Å². The quantitative estimate of drug-likeness (QED) is 0.399. The standard InChI is InChI=1S/C26H27NO3/c1-18(2)10-8-15-22-24(26(22,3)4)25(28)30-23(17-27)19-11-9-14-21(16-19)29-20-12-6-5-7-13-20/h5-16,22-24H,1-4H3/t22-,23?,24+/m1/s1. The Morgan fingerprint density at radius 1 is 1.10 bits per heavy atom. The van der Waals surface area contributed by atoms with E-state index in [1.807, 2.05) is 70.2 Å². The zero-order chi connectivity index (χ0) is 21.7. The van der Waals surface area contributed by atoms with Gasteiger partial charge in [-0.2, -0.15) is 5.26 Å². The molecular formula is C26H27NO3. The highest BCUT2D eigenvalue weighted by molar-refractivity contribution is 5.78. The fourth-order valence-electron chi connectivity index (χ4n) is 3.58. The van der Waals surface area contributed by atoms with Crippen LogP contribution in [0.1, 0.15) is 39.4 Å². The highest BCUT2D eigenvalue weighted by atomic mass is 16.5. The number of para-hydroxylation sites is 1. The van der Waals surface area contributed by atoms with Crippen molar-refractivity contribution in [2.45, 2.75) is 33.8 Å². The molecule has 2 aromatic carbocycles. The Bertz CT molecular complexity index is 994. The number of esters is 1. The van der Waals surface area contributed by atoms with Gasteiger partial charge < -0.3 is 9.47 Å². The number of ether oxygens (including phenoxy) is 2. The van der Waals surface area contributed by atoms with E-state index in [2.05, 4.69) is 12.1 Å². The van der Waals surface area contributed by atoms with E-state index in [0.717, 1.165) is 0 Å². The molecule has 0 bridgehead atoms. The van der Waals surface area contributed by atoms with Gasteiger partial charge in [-0.15, -0.1) is 0 Å². The molecule has 1 aliphatic rings. The van der Waals surface area contributed by atoms with Gasteiger partial charge in [0.1, 0.15) is 17.6 Å². The average Bonchev–Trinajstić information content (AvgIpc) is 3.27. The Balaban J connectivity index is 1.69. The van der Waals surface area contributed by atoms with Crippen LogP contribution in [0.25, 0.3) is 0 Å². The van der Waals surface area contributed by atoms with Crippen molar-refractivity contribution in [2.24, 2.45) is 17.3 Å². The highest BCUT2D eigenvalue weighted by Crippen LogP contribution is 2.59. The van der Waals surface area contributed by atoms with Crippen LogP contribution in [-0.2, 0) is 9.53 Å². The monoisotopic (exact) mass is 401 g/mol. The molecular weight excluding hydrogens is 374 g/mol. The summed E-state index contributed by atoms with van der Waals surface area (Å²) in [5, 5.41) is 9.62. The maximum Gasteiger partial charge on any atom is 0.311 e. The number of carbonyl (C=O) groups excluding carboxylic acids is 1. The van der Waals surface area contributed by atoms with Gasteiger partial charge in [-0.05, 0) is 49.4 Å². The van der Waals surface area contributed by atoms with Crippen molar-refractivity contribution in [2.75, 3.05) is 0 Å². The van der Waals surface area contributed by atoms with Crippen LogP contribution in [0, 0.1) is 28.6 Å². The van der Waals surface area contributed by atoms with Crippen molar-refractivity contribution in [1.29, 1.82) is 5.26 Å². The zero-order valence-electron chi connectivity index (χ0n) is 17.8. The number of rotatable bonds is 7. The van der Waals surface area contributed by atoms with E-state index in [9.17, 15) is 10.1 Å². The molecule has 30 heavy (non-hydrogen) atoms. The summed E-state index contributed by atoms with van der Waals surface area (Å²) in [7, 11) is 0. The lowest BCUT2D eigenvalue weighted by Crippen LogP contribution is -2.14. The Morgan fingerprint density at radius 3 is 2.47 bits per heavy atom. The maximum absolute atomic E-state index is 12.8. The molecule has 0 spiro atoms. The van der Waals surface area contributed by atoms with Gasteiger partial charge in [-0.25, -0.2) is 0 Å². The van der Waals surface area contributed by atoms with E-state index in [1.54, 1.807) is 24.3 Å². The third-order valence-corrected chi connectivity index (χ3v) is 5.40. The predicted molar refractivity (Wildman–Crippen MR) is 117 cm³/mol. The fraction of sp³-hybridized carbons (Fsp3) is 0.308. The minimum absolute atomic E-state index is 0.104. The highest BCUT2D eigenvalue weighted by Gasteiger charge is 2.61. The van der Waals surface area contributed by atoms with Crippen LogP contribution in [0.5, 0.6) is 11.5 Å². The minimum Gasteiger partial charge on any atom is -0.457 e. The third-order valence-electron chi connectivity index (χ3n) is 5.40. The number of benzene rings is 2. The third kappa shape index (κ3) is 4.99. The Labute approximate surface area is 178 Å². The van der Waals surface area contributed by atoms with Crippen molar-refractivity contribution >= 4 is 5.97 Å². The lowest BCUT2D eigenvalue weighted by molar-refractivity contribution is -0.149. The average molecular weight is 402 g/mol. The van der Waals surface area contributed by atoms with Crippen molar-refractivity contribution in [1.82, 2.24) is 0 Å². The second-order valence-electron chi connectivity index (χ2n) is 8.39. The van der Waals surface area contributed by atoms with Gasteiger partial charge in [-0.3, -0.25) is 4.79 Å². The van der Waals surface area contributed by atoms with Crippen LogP contribution in [0.3, 0.4) is 0 Å². The number of hydrogen-bond acceptors (Lipinski definition) is 4. The van der Waals surface area contributed by atoms with Crippen LogP contribution in [0.2, 0.25) is 0 Å². The lowest BCUT2D eigenvalue weighted by atomic mass is 10.1. The molecule has 1 saturated carbocycles. The van der Waals surface area contributed by atoms with Crippen LogP contribution >= 0.6 is 0 Å². The van der Waals surface area contributed by atoms with Gasteiger partial charge in [-0.1, -0.05) is 68.0 Å². The van der Waals surface area contributed by atoms with Crippen LogP contribution < -0.4 is 4.74 Å². The molecule has 2 aromatic rings. The second kappa shape index (κ2) is 9.00. The summed E-state index contributed by atoms with van der Waals surface area (Å²) >= 11 is 0. The summed E-state index contributed by atoms with van der Waals surface area (Å²) in [6.07, 6.45) is 5.08. The van der Waals surface area contributed by atoms with E-state index in [4.69, 9.17) is 9.47 Å². The van der Waals surface area contributed by atoms with E-state index in [1.165, 1.54) is 5.57 Å². The molecule has 0 N–H and O–H groups in total. The SMILES string of the molecule is CC(C)=CC=C[C@@H]1[C@@H](C(=O)OC(C#N)c2cccc(Oc3ccccc3)c2)C1(C)C. The van der Waals surface area contributed by atoms with Crippen molar-refractivity contribution in [3.05, 3.63) is 84.0 Å². The fourth-order valence-corrected chi connectivity index (χ4v) is 3.58. The van der Waals surface area contributed by atoms with Crippen molar-refractivity contribution in [3.8, 4) is 17.6 Å². The number of hydrogen-bond donors (Lipinski definition) is 0. The molecule has 1 aliphatic carbocycles. The molecule has 0 heterocycles. The zero-order valence-corrected chi connectivity index (χ0v) is 17.8. The van der Waals surface area contributed by atoms with Gasteiger partial charge in [0.05, 0.1) is 5.92 Å². The Hall–Kier alpha value is -3.32. The molecule has 0 amide bonds. The molecule has 0 radical (unpaired) electrons. The molecule has 1 fully saturated rings. The number of allylic oxidation sites excluding steroid dienone is 4. The summed E-state index contributed by atoms with van der Waals surface area (Å²) in [5.74, 6) is 0.801.